The highest BCUT2D eigenvalue weighted by molar-refractivity contribution is 5.85. The fourth-order valence-corrected chi connectivity index (χ4v) is 3.82. The van der Waals surface area contributed by atoms with Gasteiger partial charge in [0, 0.05) is 23.5 Å². The van der Waals surface area contributed by atoms with Gasteiger partial charge in [-0.25, -0.2) is 0 Å². The number of hydrogen-bond donors (Lipinski definition) is 0. The molecule has 0 aromatic heterocycles. The molecule has 0 spiro atoms. The quantitative estimate of drug-likeness (QED) is 0.346. The minimum Gasteiger partial charge on any atom is -0.310 e. The van der Waals surface area contributed by atoms with Gasteiger partial charge in [-0.05, 0) is 52.6 Å². The van der Waals surface area contributed by atoms with Gasteiger partial charge in [0.15, 0.2) is 0 Å². The van der Waals surface area contributed by atoms with Crippen molar-refractivity contribution in [1.29, 1.82) is 0 Å². The molecule has 1 heterocycles. The van der Waals surface area contributed by atoms with Crippen LogP contribution in [0, 0.1) is 0 Å². The third-order valence-corrected chi connectivity index (χ3v) is 5.06. The second-order valence-electron chi connectivity index (χ2n) is 6.69. The number of para-hydroxylation sites is 2. The van der Waals surface area contributed by atoms with Crippen LogP contribution in [0.25, 0.3) is 11.1 Å². The van der Waals surface area contributed by atoms with E-state index >= 15 is 0 Å². The molecule has 1 aliphatic rings. The maximum absolute atomic E-state index is 2.38. The Morgan fingerprint density at radius 3 is 1.96 bits per heavy atom. The van der Waals surface area contributed by atoms with E-state index in [0.29, 0.717) is 0 Å². The minimum absolute atomic E-state index is 0.968. The van der Waals surface area contributed by atoms with Gasteiger partial charge >= 0.3 is 0 Å². The number of anilines is 3. The molecule has 0 saturated heterocycles. The highest BCUT2D eigenvalue weighted by Gasteiger charge is 2.23. The molecule has 0 radical (unpaired) electrons. The Labute approximate surface area is 154 Å². The highest BCUT2D eigenvalue weighted by Crippen LogP contribution is 2.44. The molecule has 0 unspecified atom stereocenters. The minimum atomic E-state index is 0.968. The van der Waals surface area contributed by atoms with Gasteiger partial charge < -0.3 is 4.90 Å². The van der Waals surface area contributed by atoms with Crippen LogP contribution in [0.4, 0.5) is 17.1 Å². The number of fused-ring (bicyclic) bond motifs is 2. The molecule has 0 bridgehead atoms. The smallest absolute Gasteiger partial charge is 0.0497 e. The summed E-state index contributed by atoms with van der Waals surface area (Å²) >= 11 is 0. The van der Waals surface area contributed by atoms with Crippen LogP contribution < -0.4 is 4.90 Å². The molecular formula is C25H19N. The third kappa shape index (κ3) is 2.49. The first-order valence-corrected chi connectivity index (χ1v) is 9.01. The van der Waals surface area contributed by atoms with Crippen molar-refractivity contribution in [1.82, 2.24) is 0 Å². The van der Waals surface area contributed by atoms with E-state index in [2.05, 4.69) is 108 Å². The summed E-state index contributed by atoms with van der Waals surface area (Å²) in [5.41, 5.74) is 9.03. The van der Waals surface area contributed by atoms with Crippen molar-refractivity contribution < 1.29 is 0 Å². The van der Waals surface area contributed by atoms with E-state index in [0.717, 1.165) is 6.42 Å². The first-order chi connectivity index (χ1) is 12.9. The number of hydrogen-bond acceptors (Lipinski definition) is 1. The predicted octanol–water partition coefficient (Wildman–Crippen LogP) is 6.73. The van der Waals surface area contributed by atoms with E-state index in [4.69, 9.17) is 0 Å². The van der Waals surface area contributed by atoms with Crippen LogP contribution >= 0.6 is 0 Å². The molecule has 0 atom stereocenters. The zero-order valence-electron chi connectivity index (χ0n) is 14.5. The summed E-state index contributed by atoms with van der Waals surface area (Å²) in [7, 11) is 0. The maximum Gasteiger partial charge on any atom is 0.0497 e. The lowest BCUT2D eigenvalue weighted by molar-refractivity contribution is 1.09. The number of rotatable bonds is 2. The molecule has 0 saturated carbocycles. The van der Waals surface area contributed by atoms with Crippen LogP contribution in [0.1, 0.15) is 11.1 Å². The third-order valence-electron chi connectivity index (χ3n) is 5.06. The van der Waals surface area contributed by atoms with Gasteiger partial charge in [0.1, 0.15) is 0 Å². The van der Waals surface area contributed by atoms with Gasteiger partial charge in [-0.1, -0.05) is 72.8 Å². The standard InChI is InChI=1S/C25H19N/c1-3-9-19(10-4-1)20-15-16-25-22(17-20)18-21-11-7-8-14-24(21)26(25)23-12-5-2-6-13-23/h1-17H,18H2. The molecule has 0 N–H and O–H groups in total. The zero-order chi connectivity index (χ0) is 17.3. The predicted molar refractivity (Wildman–Crippen MR) is 109 cm³/mol. The summed E-state index contributed by atoms with van der Waals surface area (Å²) in [5, 5.41) is 0. The summed E-state index contributed by atoms with van der Waals surface area (Å²) in [5.74, 6) is 0. The van der Waals surface area contributed by atoms with Crippen LogP contribution in [0.3, 0.4) is 0 Å². The number of nitrogens with zero attached hydrogens (tertiary/aromatic N) is 1. The van der Waals surface area contributed by atoms with Crippen molar-refractivity contribution in [3.05, 3.63) is 114 Å². The Balaban J connectivity index is 1.69. The normalized spacial score (nSPS) is 12.4. The van der Waals surface area contributed by atoms with Gasteiger partial charge in [0.05, 0.1) is 0 Å². The summed E-state index contributed by atoms with van der Waals surface area (Å²) < 4.78 is 0. The average Bonchev–Trinajstić information content (AvgIpc) is 2.73. The highest BCUT2D eigenvalue weighted by atomic mass is 15.2. The summed E-state index contributed by atoms with van der Waals surface area (Å²) in [4.78, 5) is 2.38. The summed E-state index contributed by atoms with van der Waals surface area (Å²) in [6.45, 7) is 0. The van der Waals surface area contributed by atoms with Gasteiger partial charge in [-0.15, -0.1) is 0 Å². The molecule has 1 heteroatoms. The molecular weight excluding hydrogens is 314 g/mol. The number of benzene rings is 4. The van der Waals surface area contributed by atoms with Gasteiger partial charge in [-0.2, -0.15) is 0 Å². The van der Waals surface area contributed by atoms with Crippen LogP contribution in [0.2, 0.25) is 0 Å². The van der Waals surface area contributed by atoms with E-state index < -0.39 is 0 Å². The molecule has 1 aliphatic heterocycles. The summed E-state index contributed by atoms with van der Waals surface area (Å²) in [6.07, 6.45) is 0.968. The Kier molecular flexibility index (Phi) is 3.57. The van der Waals surface area contributed by atoms with Crippen molar-refractivity contribution in [2.24, 2.45) is 0 Å². The largest absolute Gasteiger partial charge is 0.310 e. The van der Waals surface area contributed by atoms with Crippen molar-refractivity contribution in [2.75, 3.05) is 4.90 Å². The fourth-order valence-electron chi connectivity index (χ4n) is 3.82. The van der Waals surface area contributed by atoms with E-state index in [9.17, 15) is 0 Å². The summed E-state index contributed by atoms with van der Waals surface area (Å²) in [6, 6.07) is 36.8. The SMILES string of the molecule is c1ccc(-c2ccc3c(c2)Cc2ccccc2N3c2ccccc2)cc1. The Morgan fingerprint density at radius 2 is 1.15 bits per heavy atom. The van der Waals surface area contributed by atoms with Crippen molar-refractivity contribution >= 4 is 17.1 Å². The monoisotopic (exact) mass is 333 g/mol. The molecule has 4 aromatic rings. The molecule has 0 fully saturated rings. The van der Waals surface area contributed by atoms with Gasteiger partial charge in [0.2, 0.25) is 0 Å². The van der Waals surface area contributed by atoms with Crippen molar-refractivity contribution in [3.63, 3.8) is 0 Å². The van der Waals surface area contributed by atoms with E-state index in [1.165, 1.54) is 39.3 Å². The first kappa shape index (κ1) is 15.0. The molecule has 26 heavy (non-hydrogen) atoms. The van der Waals surface area contributed by atoms with Crippen LogP contribution in [-0.2, 0) is 6.42 Å². The van der Waals surface area contributed by atoms with E-state index in [1.54, 1.807) is 0 Å². The van der Waals surface area contributed by atoms with Crippen molar-refractivity contribution in [2.45, 2.75) is 6.42 Å². The molecule has 0 amide bonds. The lowest BCUT2D eigenvalue weighted by atomic mass is 9.92. The molecule has 5 rings (SSSR count). The van der Waals surface area contributed by atoms with E-state index in [-0.39, 0.29) is 0 Å². The maximum atomic E-state index is 2.38. The second-order valence-corrected chi connectivity index (χ2v) is 6.69. The van der Waals surface area contributed by atoms with Gasteiger partial charge in [-0.3, -0.25) is 0 Å². The van der Waals surface area contributed by atoms with E-state index in [1.807, 2.05) is 0 Å². The fraction of sp³-hybridized carbons (Fsp3) is 0.0400. The Hall–Kier alpha value is -3.32. The lowest BCUT2D eigenvalue weighted by Crippen LogP contribution is -2.18. The van der Waals surface area contributed by atoms with Crippen LogP contribution in [0.5, 0.6) is 0 Å². The molecule has 124 valence electrons. The van der Waals surface area contributed by atoms with Crippen molar-refractivity contribution in [3.8, 4) is 11.1 Å². The van der Waals surface area contributed by atoms with Crippen LogP contribution in [0.15, 0.2) is 103 Å². The Morgan fingerprint density at radius 1 is 0.500 bits per heavy atom. The van der Waals surface area contributed by atoms with Gasteiger partial charge in [0.25, 0.3) is 0 Å². The topological polar surface area (TPSA) is 3.24 Å². The lowest BCUT2D eigenvalue weighted by Gasteiger charge is -2.33. The second kappa shape index (κ2) is 6.20. The molecule has 4 aromatic carbocycles. The molecule has 0 aliphatic carbocycles. The van der Waals surface area contributed by atoms with Crippen LogP contribution in [-0.4, -0.2) is 0 Å². The Bertz CT molecular complexity index is 1050. The average molecular weight is 333 g/mol. The first-order valence-electron chi connectivity index (χ1n) is 9.01. The zero-order valence-corrected chi connectivity index (χ0v) is 14.5. The molecule has 1 nitrogen and oxygen atoms in total.